The second-order valence-corrected chi connectivity index (χ2v) is 6.77. The van der Waals surface area contributed by atoms with Crippen LogP contribution in [0.1, 0.15) is 49.0 Å². The fraction of sp³-hybridized carbons (Fsp3) is 0.318. The van der Waals surface area contributed by atoms with Gasteiger partial charge in [0.15, 0.2) is 11.9 Å². The van der Waals surface area contributed by atoms with Crippen molar-refractivity contribution in [2.75, 3.05) is 5.32 Å². The van der Waals surface area contributed by atoms with Crippen molar-refractivity contribution in [2.24, 2.45) is 0 Å². The molecule has 1 amide bonds. The van der Waals surface area contributed by atoms with Gasteiger partial charge in [-0.3, -0.25) is 24.5 Å². The zero-order valence-corrected chi connectivity index (χ0v) is 16.9. The van der Waals surface area contributed by atoms with Crippen molar-refractivity contribution in [1.29, 1.82) is 0 Å². The van der Waals surface area contributed by atoms with Crippen molar-refractivity contribution in [1.82, 2.24) is 0 Å². The molecule has 30 heavy (non-hydrogen) atoms. The Kier molecular flexibility index (Phi) is 8.22. The number of nitrogens with one attached hydrogen (secondary N) is 1. The number of nitro groups is 1. The van der Waals surface area contributed by atoms with Gasteiger partial charge in [-0.25, -0.2) is 0 Å². The fourth-order valence-corrected chi connectivity index (χ4v) is 2.79. The lowest BCUT2D eigenvalue weighted by atomic mass is 10.0. The van der Waals surface area contributed by atoms with Crippen LogP contribution < -0.4 is 5.32 Å². The van der Waals surface area contributed by atoms with Crippen LogP contribution in [-0.4, -0.2) is 28.7 Å². The molecule has 0 spiro atoms. The lowest BCUT2D eigenvalue weighted by Gasteiger charge is -2.13. The minimum Gasteiger partial charge on any atom is -0.453 e. The predicted octanol–water partition coefficient (Wildman–Crippen LogP) is 4.08. The minimum atomic E-state index is -1.17. The van der Waals surface area contributed by atoms with Crippen molar-refractivity contribution in [3.63, 3.8) is 0 Å². The molecule has 1 N–H and O–H groups in total. The molecular weight excluding hydrogens is 388 g/mol. The number of nitro benzene ring substituents is 1. The van der Waals surface area contributed by atoms with Crippen LogP contribution in [0.3, 0.4) is 0 Å². The van der Waals surface area contributed by atoms with Gasteiger partial charge in [0.25, 0.3) is 11.6 Å². The Labute approximate surface area is 174 Å². The maximum atomic E-state index is 12.2. The Bertz CT molecular complexity index is 923. The van der Waals surface area contributed by atoms with Gasteiger partial charge in [0, 0.05) is 18.1 Å². The predicted molar refractivity (Wildman–Crippen MR) is 111 cm³/mol. The SMILES string of the molecule is CCCc1ccc(C(=O)CCC(=O)O[C@H](C)C(=O)Nc2ccccc2[N+](=O)[O-])cc1. The molecule has 0 aliphatic heterocycles. The van der Waals surface area contributed by atoms with Crippen LogP contribution in [0, 0.1) is 10.1 Å². The number of para-hydroxylation sites is 2. The highest BCUT2D eigenvalue weighted by Gasteiger charge is 2.22. The number of Topliss-reactive ketones (excluding diaryl/α,β-unsaturated/α-hetero) is 1. The van der Waals surface area contributed by atoms with E-state index in [-0.39, 0.29) is 30.0 Å². The van der Waals surface area contributed by atoms with E-state index >= 15 is 0 Å². The maximum Gasteiger partial charge on any atom is 0.307 e. The third kappa shape index (κ3) is 6.51. The van der Waals surface area contributed by atoms with Crippen molar-refractivity contribution in [3.05, 3.63) is 69.8 Å². The quantitative estimate of drug-likeness (QED) is 0.272. The van der Waals surface area contributed by atoms with E-state index < -0.39 is 22.9 Å². The summed E-state index contributed by atoms with van der Waals surface area (Å²) >= 11 is 0. The van der Waals surface area contributed by atoms with Crippen molar-refractivity contribution < 1.29 is 24.0 Å². The van der Waals surface area contributed by atoms with Gasteiger partial charge >= 0.3 is 5.97 Å². The molecule has 0 aliphatic carbocycles. The van der Waals surface area contributed by atoms with Gasteiger partial charge in [-0.05, 0) is 25.0 Å². The van der Waals surface area contributed by atoms with Gasteiger partial charge in [0.05, 0.1) is 11.3 Å². The van der Waals surface area contributed by atoms with E-state index in [9.17, 15) is 24.5 Å². The second-order valence-electron chi connectivity index (χ2n) is 6.77. The van der Waals surface area contributed by atoms with Crippen LogP contribution in [-0.2, 0) is 20.7 Å². The average molecular weight is 412 g/mol. The first-order chi connectivity index (χ1) is 14.3. The van der Waals surface area contributed by atoms with E-state index in [1.165, 1.54) is 25.1 Å². The number of rotatable bonds is 10. The Balaban J connectivity index is 1.84. The lowest BCUT2D eigenvalue weighted by molar-refractivity contribution is -0.383. The molecule has 0 aromatic heterocycles. The van der Waals surface area contributed by atoms with Crippen molar-refractivity contribution in [3.8, 4) is 0 Å². The van der Waals surface area contributed by atoms with Gasteiger partial charge in [-0.15, -0.1) is 0 Å². The molecule has 0 saturated carbocycles. The molecule has 2 aromatic carbocycles. The van der Waals surface area contributed by atoms with E-state index in [1.54, 1.807) is 18.2 Å². The highest BCUT2D eigenvalue weighted by molar-refractivity contribution is 5.98. The molecule has 0 heterocycles. The lowest BCUT2D eigenvalue weighted by Crippen LogP contribution is -2.30. The van der Waals surface area contributed by atoms with Crippen LogP contribution in [0.4, 0.5) is 11.4 Å². The largest absolute Gasteiger partial charge is 0.453 e. The number of benzene rings is 2. The fourth-order valence-electron chi connectivity index (χ4n) is 2.79. The molecular formula is C22H24N2O6. The summed E-state index contributed by atoms with van der Waals surface area (Å²) in [4.78, 5) is 46.8. The molecule has 158 valence electrons. The molecule has 0 unspecified atom stereocenters. The standard InChI is InChI=1S/C22H24N2O6/c1-3-6-16-9-11-17(12-10-16)20(25)13-14-21(26)30-15(2)22(27)23-18-7-4-5-8-19(18)24(28)29/h4-5,7-12,15H,3,6,13-14H2,1-2H3,(H,23,27)/t15-/m1/s1. The van der Waals surface area contributed by atoms with Crippen molar-refractivity contribution >= 4 is 29.0 Å². The summed E-state index contributed by atoms with van der Waals surface area (Å²) in [5, 5.41) is 13.4. The molecule has 0 fully saturated rings. The van der Waals surface area contributed by atoms with Crippen LogP contribution in [0.15, 0.2) is 48.5 Å². The molecule has 1 atom stereocenters. The summed E-state index contributed by atoms with van der Waals surface area (Å²) in [6.07, 6.45) is 0.583. The number of esters is 1. The van der Waals surface area contributed by atoms with E-state index in [1.807, 2.05) is 12.1 Å². The Morgan fingerprint density at radius 1 is 1.07 bits per heavy atom. The van der Waals surface area contributed by atoms with Crippen LogP contribution in [0.2, 0.25) is 0 Å². The molecule has 0 saturated heterocycles. The number of anilines is 1. The molecule has 0 bridgehead atoms. The number of nitrogens with zero attached hydrogens (tertiary/aromatic N) is 1. The van der Waals surface area contributed by atoms with Gasteiger partial charge in [-0.2, -0.15) is 0 Å². The topological polar surface area (TPSA) is 116 Å². The Hall–Kier alpha value is -3.55. The number of hydrogen-bond acceptors (Lipinski definition) is 6. The number of hydrogen-bond donors (Lipinski definition) is 1. The second kappa shape index (κ2) is 10.8. The first-order valence-electron chi connectivity index (χ1n) is 9.67. The summed E-state index contributed by atoms with van der Waals surface area (Å²) in [5.74, 6) is -1.58. The minimum absolute atomic E-state index is 0.0112. The van der Waals surface area contributed by atoms with E-state index in [2.05, 4.69) is 12.2 Å². The third-order valence-electron chi connectivity index (χ3n) is 4.41. The summed E-state index contributed by atoms with van der Waals surface area (Å²) in [5.41, 5.74) is 1.41. The number of carbonyl (C=O) groups excluding carboxylic acids is 3. The highest BCUT2D eigenvalue weighted by atomic mass is 16.6. The normalized spacial score (nSPS) is 11.4. The van der Waals surface area contributed by atoms with Crippen molar-refractivity contribution in [2.45, 2.75) is 45.6 Å². The molecule has 0 radical (unpaired) electrons. The summed E-state index contributed by atoms with van der Waals surface area (Å²) in [6, 6.07) is 12.9. The number of carbonyl (C=O) groups is 3. The van der Waals surface area contributed by atoms with E-state index in [4.69, 9.17) is 4.74 Å². The number of amides is 1. The molecule has 8 heteroatoms. The molecule has 2 rings (SSSR count). The smallest absolute Gasteiger partial charge is 0.307 e. The maximum absolute atomic E-state index is 12.2. The van der Waals surface area contributed by atoms with Crippen LogP contribution >= 0.6 is 0 Å². The third-order valence-corrected chi connectivity index (χ3v) is 4.41. The number of aryl methyl sites for hydroxylation is 1. The highest BCUT2D eigenvalue weighted by Crippen LogP contribution is 2.23. The molecule has 0 aliphatic rings. The molecule has 8 nitrogen and oxygen atoms in total. The zero-order valence-electron chi connectivity index (χ0n) is 16.9. The first kappa shape index (κ1) is 22.7. The van der Waals surface area contributed by atoms with E-state index in [0.717, 1.165) is 18.4 Å². The van der Waals surface area contributed by atoms with Gasteiger partial charge in [-0.1, -0.05) is 49.7 Å². The zero-order chi connectivity index (χ0) is 22.1. The Morgan fingerprint density at radius 2 is 1.73 bits per heavy atom. The monoisotopic (exact) mass is 412 g/mol. The van der Waals surface area contributed by atoms with Gasteiger partial charge in [0.2, 0.25) is 0 Å². The first-order valence-corrected chi connectivity index (χ1v) is 9.67. The Morgan fingerprint density at radius 3 is 2.37 bits per heavy atom. The number of ketones is 1. The van der Waals surface area contributed by atoms with Crippen LogP contribution in [0.25, 0.3) is 0 Å². The number of ether oxygens (including phenoxy) is 1. The summed E-state index contributed by atoms with van der Waals surface area (Å²) < 4.78 is 5.05. The summed E-state index contributed by atoms with van der Waals surface area (Å²) in [6.45, 7) is 3.43. The van der Waals surface area contributed by atoms with Gasteiger partial charge < -0.3 is 10.1 Å². The van der Waals surface area contributed by atoms with Gasteiger partial charge in [0.1, 0.15) is 5.69 Å². The van der Waals surface area contributed by atoms with E-state index in [0.29, 0.717) is 5.56 Å². The summed E-state index contributed by atoms with van der Waals surface area (Å²) in [7, 11) is 0. The average Bonchev–Trinajstić information content (AvgIpc) is 2.73. The van der Waals surface area contributed by atoms with Crippen LogP contribution in [0.5, 0.6) is 0 Å². The molecule has 2 aromatic rings.